The zero-order valence-electron chi connectivity index (χ0n) is 16.2. The van der Waals surface area contributed by atoms with Crippen molar-refractivity contribution < 1.29 is 14.3 Å². The van der Waals surface area contributed by atoms with Crippen LogP contribution in [0, 0.1) is 17.8 Å². The molecule has 4 rings (SSSR count). The first kappa shape index (κ1) is 18.0. The molecular formula is C20H31N3O3. The number of fused-ring (bicyclic) bond motifs is 1. The third-order valence-corrected chi connectivity index (χ3v) is 6.47. The molecule has 6 heteroatoms. The van der Waals surface area contributed by atoms with Gasteiger partial charge in [-0.25, -0.2) is 0 Å². The topological polar surface area (TPSA) is 53.1 Å². The van der Waals surface area contributed by atoms with Crippen molar-refractivity contribution in [1.82, 2.24) is 14.7 Å². The van der Waals surface area contributed by atoms with Gasteiger partial charge in [-0.1, -0.05) is 26.0 Å². The summed E-state index contributed by atoms with van der Waals surface area (Å²) in [4.78, 5) is 32.6. The molecule has 4 atom stereocenters. The molecule has 3 saturated heterocycles. The second-order valence-electron chi connectivity index (χ2n) is 8.82. The Labute approximate surface area is 156 Å². The van der Waals surface area contributed by atoms with Crippen LogP contribution in [0.2, 0.25) is 0 Å². The predicted molar refractivity (Wildman–Crippen MR) is 98.5 cm³/mol. The quantitative estimate of drug-likeness (QED) is 0.701. The minimum atomic E-state index is -0.568. The van der Waals surface area contributed by atoms with Crippen molar-refractivity contribution in [2.24, 2.45) is 17.8 Å². The second-order valence-corrected chi connectivity index (χ2v) is 8.82. The van der Waals surface area contributed by atoms with E-state index in [0.717, 1.165) is 45.6 Å². The van der Waals surface area contributed by atoms with Gasteiger partial charge in [0.15, 0.2) is 0 Å². The molecule has 4 aliphatic heterocycles. The number of rotatable bonds is 4. The van der Waals surface area contributed by atoms with Gasteiger partial charge in [-0.2, -0.15) is 0 Å². The first-order chi connectivity index (χ1) is 12.4. The van der Waals surface area contributed by atoms with E-state index in [-0.39, 0.29) is 29.8 Å². The number of hydrogen-bond acceptors (Lipinski definition) is 4. The van der Waals surface area contributed by atoms with Crippen molar-refractivity contribution in [2.75, 3.05) is 46.3 Å². The van der Waals surface area contributed by atoms with Gasteiger partial charge in [-0.15, -0.1) is 0 Å². The van der Waals surface area contributed by atoms with Gasteiger partial charge in [0.1, 0.15) is 5.60 Å². The highest BCUT2D eigenvalue weighted by Crippen LogP contribution is 2.52. The minimum absolute atomic E-state index is 0.112. The lowest BCUT2D eigenvalue weighted by molar-refractivity contribution is -0.143. The highest BCUT2D eigenvalue weighted by atomic mass is 16.5. The molecule has 2 bridgehead atoms. The van der Waals surface area contributed by atoms with Crippen molar-refractivity contribution in [2.45, 2.75) is 38.4 Å². The summed E-state index contributed by atoms with van der Waals surface area (Å²) in [6.07, 6.45) is 5.81. The normalized spacial score (nSPS) is 36.9. The Morgan fingerprint density at radius 2 is 2.12 bits per heavy atom. The molecule has 6 nitrogen and oxygen atoms in total. The van der Waals surface area contributed by atoms with E-state index in [2.05, 4.69) is 31.9 Å². The van der Waals surface area contributed by atoms with Gasteiger partial charge in [0, 0.05) is 26.2 Å². The molecule has 0 saturated carbocycles. The average Bonchev–Trinajstić information content (AvgIpc) is 3.17. The van der Waals surface area contributed by atoms with Crippen LogP contribution in [0.1, 0.15) is 26.7 Å². The van der Waals surface area contributed by atoms with E-state index in [1.807, 2.05) is 15.9 Å². The summed E-state index contributed by atoms with van der Waals surface area (Å²) in [6, 6.07) is 0. The molecule has 3 fully saturated rings. The van der Waals surface area contributed by atoms with E-state index in [9.17, 15) is 9.59 Å². The van der Waals surface area contributed by atoms with Gasteiger partial charge in [-0.3, -0.25) is 9.59 Å². The number of amides is 2. The number of ether oxygens (including phenoxy) is 1. The molecule has 26 heavy (non-hydrogen) atoms. The zero-order valence-corrected chi connectivity index (χ0v) is 16.2. The molecule has 144 valence electrons. The van der Waals surface area contributed by atoms with Crippen molar-refractivity contribution in [1.29, 1.82) is 0 Å². The predicted octanol–water partition coefficient (Wildman–Crippen LogP) is 0.979. The smallest absolute Gasteiger partial charge is 0.230 e. The van der Waals surface area contributed by atoms with Crippen LogP contribution in [0.5, 0.6) is 0 Å². The SMILES string of the molecule is CC(C)CCN1C[C@]23C=C[C@H](O2)C(C(=O)N2CCCN(C)CC2)C3C1=O. The Bertz CT molecular complexity index is 619. The summed E-state index contributed by atoms with van der Waals surface area (Å²) in [5.74, 6) is 0.0986. The molecule has 0 radical (unpaired) electrons. The van der Waals surface area contributed by atoms with E-state index in [1.54, 1.807) is 0 Å². The van der Waals surface area contributed by atoms with Crippen LogP contribution in [0.4, 0.5) is 0 Å². The number of carbonyl (C=O) groups is 2. The minimum Gasteiger partial charge on any atom is -0.360 e. The van der Waals surface area contributed by atoms with Crippen molar-refractivity contribution in [3.63, 3.8) is 0 Å². The molecule has 0 aromatic carbocycles. The molecule has 2 unspecified atom stereocenters. The molecule has 4 aliphatic rings. The van der Waals surface area contributed by atoms with Gasteiger partial charge in [0.2, 0.25) is 11.8 Å². The van der Waals surface area contributed by atoms with Gasteiger partial charge < -0.3 is 19.4 Å². The zero-order chi connectivity index (χ0) is 18.5. The van der Waals surface area contributed by atoms with Crippen molar-refractivity contribution >= 4 is 11.8 Å². The van der Waals surface area contributed by atoms with Crippen LogP contribution >= 0.6 is 0 Å². The lowest BCUT2D eigenvalue weighted by Crippen LogP contribution is -2.47. The molecule has 0 aromatic rings. The van der Waals surface area contributed by atoms with Gasteiger partial charge in [0.05, 0.1) is 24.5 Å². The van der Waals surface area contributed by atoms with E-state index < -0.39 is 5.60 Å². The summed E-state index contributed by atoms with van der Waals surface area (Å²) < 4.78 is 6.24. The summed E-state index contributed by atoms with van der Waals surface area (Å²) >= 11 is 0. The molecular weight excluding hydrogens is 330 g/mol. The Kier molecular flexibility index (Phi) is 4.59. The standard InChI is InChI=1S/C20H31N3O3/c1-14(2)6-10-23-13-20-7-5-15(26-20)16(17(20)19(23)25)18(24)22-9-4-8-21(3)11-12-22/h5,7,14-17H,4,6,8-13H2,1-3H3/t15-,16?,17?,20-/m0/s1. The number of likely N-dealkylation sites (tertiary alicyclic amines) is 1. The lowest BCUT2D eigenvalue weighted by Gasteiger charge is -2.29. The first-order valence-corrected chi connectivity index (χ1v) is 10.0. The molecule has 4 heterocycles. The fourth-order valence-corrected chi connectivity index (χ4v) is 4.94. The second kappa shape index (κ2) is 6.64. The fraction of sp³-hybridized carbons (Fsp3) is 0.800. The summed E-state index contributed by atoms with van der Waals surface area (Å²) in [5.41, 5.74) is -0.568. The molecule has 0 N–H and O–H groups in total. The fourth-order valence-electron chi connectivity index (χ4n) is 4.94. The maximum absolute atomic E-state index is 13.3. The van der Waals surface area contributed by atoms with E-state index in [1.165, 1.54) is 0 Å². The maximum atomic E-state index is 13.3. The maximum Gasteiger partial charge on any atom is 0.230 e. The molecule has 1 spiro atoms. The van der Waals surface area contributed by atoms with Crippen LogP contribution in [-0.4, -0.2) is 84.5 Å². The monoisotopic (exact) mass is 361 g/mol. The third-order valence-electron chi connectivity index (χ3n) is 6.47. The van der Waals surface area contributed by atoms with E-state index >= 15 is 0 Å². The van der Waals surface area contributed by atoms with Gasteiger partial charge >= 0.3 is 0 Å². The van der Waals surface area contributed by atoms with Gasteiger partial charge in [-0.05, 0) is 32.4 Å². The Hall–Kier alpha value is -1.40. The van der Waals surface area contributed by atoms with Crippen LogP contribution < -0.4 is 0 Å². The molecule has 0 aromatic heterocycles. The Morgan fingerprint density at radius 1 is 1.31 bits per heavy atom. The largest absolute Gasteiger partial charge is 0.360 e. The summed E-state index contributed by atoms with van der Waals surface area (Å²) in [6.45, 7) is 9.13. The van der Waals surface area contributed by atoms with Crippen LogP contribution in [0.3, 0.4) is 0 Å². The Morgan fingerprint density at radius 3 is 2.88 bits per heavy atom. The number of carbonyl (C=O) groups excluding carboxylic acids is 2. The third kappa shape index (κ3) is 2.87. The molecule has 0 aliphatic carbocycles. The lowest BCUT2D eigenvalue weighted by atomic mass is 9.76. The number of likely N-dealkylation sites (N-methyl/N-ethyl adjacent to an activating group) is 1. The highest BCUT2D eigenvalue weighted by molar-refractivity contribution is 5.93. The van der Waals surface area contributed by atoms with E-state index in [0.29, 0.717) is 12.5 Å². The van der Waals surface area contributed by atoms with Crippen molar-refractivity contribution in [3.8, 4) is 0 Å². The van der Waals surface area contributed by atoms with Crippen LogP contribution in [-0.2, 0) is 14.3 Å². The van der Waals surface area contributed by atoms with Crippen molar-refractivity contribution in [3.05, 3.63) is 12.2 Å². The van der Waals surface area contributed by atoms with E-state index in [4.69, 9.17) is 4.74 Å². The number of hydrogen-bond donors (Lipinski definition) is 0. The summed E-state index contributed by atoms with van der Waals surface area (Å²) in [5, 5.41) is 0. The van der Waals surface area contributed by atoms with Crippen LogP contribution in [0.25, 0.3) is 0 Å². The summed E-state index contributed by atoms with van der Waals surface area (Å²) in [7, 11) is 2.10. The molecule has 2 amide bonds. The first-order valence-electron chi connectivity index (χ1n) is 10.0. The number of nitrogens with zero attached hydrogens (tertiary/aromatic N) is 3. The van der Waals surface area contributed by atoms with Gasteiger partial charge in [0.25, 0.3) is 0 Å². The average molecular weight is 361 g/mol. The van der Waals surface area contributed by atoms with Crippen LogP contribution in [0.15, 0.2) is 12.2 Å². The Balaban J connectivity index is 1.52. The highest BCUT2D eigenvalue weighted by Gasteiger charge is 2.67.